The molecule has 5 rings (SSSR count). The van der Waals surface area contributed by atoms with Crippen molar-refractivity contribution in [2.45, 2.75) is 13.5 Å². The first-order valence-corrected chi connectivity index (χ1v) is 13.8. The number of fused-ring (bicyclic) bond motifs is 1. The Balaban J connectivity index is 1.39. The number of aromatic nitrogens is 3. The molecule has 2 N–H and O–H groups in total. The van der Waals surface area contributed by atoms with Gasteiger partial charge in [-0.2, -0.15) is 4.98 Å². The van der Waals surface area contributed by atoms with Gasteiger partial charge in [-0.05, 0) is 48.4 Å². The van der Waals surface area contributed by atoms with Crippen LogP contribution in [0.5, 0.6) is 0 Å². The highest BCUT2D eigenvalue weighted by Gasteiger charge is 2.19. The van der Waals surface area contributed by atoms with Gasteiger partial charge in [0.1, 0.15) is 5.65 Å². The van der Waals surface area contributed by atoms with Crippen molar-refractivity contribution in [2.24, 2.45) is 0 Å². The largest absolute Gasteiger partial charge is 0.369 e. The Hall–Kier alpha value is -3.63. The van der Waals surface area contributed by atoms with Gasteiger partial charge in [0.15, 0.2) is 0 Å². The maximum atomic E-state index is 12.3. The lowest BCUT2D eigenvalue weighted by Gasteiger charge is -2.29. The van der Waals surface area contributed by atoms with E-state index in [4.69, 9.17) is 4.98 Å². The summed E-state index contributed by atoms with van der Waals surface area (Å²) >= 11 is 0. The van der Waals surface area contributed by atoms with Gasteiger partial charge < -0.3 is 20.1 Å². The van der Waals surface area contributed by atoms with E-state index >= 15 is 0 Å². The fraction of sp³-hybridized carbons (Fsp3) is 0.308. The molecule has 9 nitrogen and oxygen atoms in total. The molecule has 36 heavy (non-hydrogen) atoms. The fourth-order valence-corrected chi connectivity index (χ4v) is 5.21. The van der Waals surface area contributed by atoms with E-state index in [0.29, 0.717) is 18.2 Å². The first kappa shape index (κ1) is 24.1. The second kappa shape index (κ2) is 9.79. The molecule has 4 aromatic rings. The number of benzene rings is 2. The van der Waals surface area contributed by atoms with Crippen molar-refractivity contribution in [1.29, 1.82) is 0 Å². The summed E-state index contributed by atoms with van der Waals surface area (Å²) in [5.41, 5.74) is 5.40. The number of nitrogens with one attached hydrogen (secondary N) is 2. The summed E-state index contributed by atoms with van der Waals surface area (Å²) in [5, 5.41) is 7.61. The zero-order valence-corrected chi connectivity index (χ0v) is 21.6. The quantitative estimate of drug-likeness (QED) is 0.398. The molecule has 1 saturated heterocycles. The van der Waals surface area contributed by atoms with Gasteiger partial charge in [-0.25, -0.2) is 13.4 Å². The van der Waals surface area contributed by atoms with Crippen molar-refractivity contribution in [3.8, 4) is 0 Å². The molecule has 188 valence electrons. The summed E-state index contributed by atoms with van der Waals surface area (Å²) in [4.78, 5) is 11.6. The van der Waals surface area contributed by atoms with Gasteiger partial charge in [0.05, 0.1) is 18.5 Å². The first-order valence-electron chi connectivity index (χ1n) is 12.0. The van der Waals surface area contributed by atoms with Crippen LogP contribution < -0.4 is 19.8 Å². The second-order valence-corrected chi connectivity index (χ2v) is 11.2. The third kappa shape index (κ3) is 5.00. The average molecular weight is 506 g/mol. The van der Waals surface area contributed by atoms with Crippen molar-refractivity contribution < 1.29 is 8.42 Å². The molecule has 0 bridgehead atoms. The van der Waals surface area contributed by atoms with E-state index in [9.17, 15) is 8.42 Å². The standard InChI is InChI=1S/C26H31N7O2S/c1-19-5-4-6-21(24(19)31(2)36(3,34)35)18-33-14-11-20-17-28-26(30-25(20)33)29-22-7-9-23(10-8-22)32-15-12-27-13-16-32/h4-11,14,17,27H,12-13,15-16,18H2,1-3H3,(H,28,29,30). The van der Waals surface area contributed by atoms with Crippen LogP contribution in [0.3, 0.4) is 0 Å². The third-order valence-corrected chi connectivity index (χ3v) is 7.76. The predicted molar refractivity (Wildman–Crippen MR) is 146 cm³/mol. The molecular weight excluding hydrogens is 474 g/mol. The van der Waals surface area contributed by atoms with Gasteiger partial charge in [-0.1, -0.05) is 18.2 Å². The van der Waals surface area contributed by atoms with Crippen LogP contribution in [0.2, 0.25) is 0 Å². The molecule has 0 radical (unpaired) electrons. The van der Waals surface area contributed by atoms with Crippen LogP contribution in [0.4, 0.5) is 23.0 Å². The van der Waals surface area contributed by atoms with Crippen LogP contribution in [0.15, 0.2) is 60.9 Å². The highest BCUT2D eigenvalue weighted by Crippen LogP contribution is 2.28. The summed E-state index contributed by atoms with van der Waals surface area (Å²) in [6.07, 6.45) is 4.98. The minimum absolute atomic E-state index is 0.482. The maximum absolute atomic E-state index is 12.3. The summed E-state index contributed by atoms with van der Waals surface area (Å²) in [7, 11) is -1.80. The minimum Gasteiger partial charge on any atom is -0.369 e. The van der Waals surface area contributed by atoms with Gasteiger partial charge >= 0.3 is 0 Å². The van der Waals surface area contributed by atoms with Crippen molar-refractivity contribution in [2.75, 3.05) is 54.0 Å². The summed E-state index contributed by atoms with van der Waals surface area (Å²) < 4.78 is 27.9. The predicted octanol–water partition coefficient (Wildman–Crippen LogP) is 3.34. The summed E-state index contributed by atoms with van der Waals surface area (Å²) in [6, 6.07) is 16.1. The molecule has 0 aliphatic carbocycles. The van der Waals surface area contributed by atoms with E-state index in [2.05, 4.69) is 32.7 Å². The molecule has 0 spiro atoms. The summed E-state index contributed by atoms with van der Waals surface area (Å²) in [6.45, 7) is 6.42. The molecule has 0 amide bonds. The molecule has 0 saturated carbocycles. The van der Waals surface area contributed by atoms with Crippen molar-refractivity contribution in [1.82, 2.24) is 19.9 Å². The number of para-hydroxylation sites is 1. The Labute approximate surface area is 211 Å². The van der Waals surface area contributed by atoms with Crippen molar-refractivity contribution >= 4 is 44.1 Å². The van der Waals surface area contributed by atoms with Crippen LogP contribution >= 0.6 is 0 Å². The summed E-state index contributed by atoms with van der Waals surface area (Å²) in [5.74, 6) is 0.509. The number of sulfonamides is 1. The van der Waals surface area contributed by atoms with E-state index in [1.807, 2.05) is 54.1 Å². The van der Waals surface area contributed by atoms with E-state index < -0.39 is 10.0 Å². The van der Waals surface area contributed by atoms with E-state index in [-0.39, 0.29) is 0 Å². The Morgan fingerprint density at radius 3 is 2.56 bits per heavy atom. The molecule has 2 aromatic carbocycles. The number of hydrogen-bond acceptors (Lipinski definition) is 7. The lowest BCUT2D eigenvalue weighted by atomic mass is 10.1. The van der Waals surface area contributed by atoms with Gasteiger partial charge in [0.2, 0.25) is 16.0 Å². The first-order chi connectivity index (χ1) is 17.3. The lowest BCUT2D eigenvalue weighted by Crippen LogP contribution is -2.43. The number of aryl methyl sites for hydroxylation is 1. The SMILES string of the molecule is Cc1cccc(Cn2ccc3cnc(Nc4ccc(N5CCNCC5)cc4)nc32)c1N(C)S(C)(=O)=O. The van der Waals surface area contributed by atoms with Crippen LogP contribution in [0, 0.1) is 6.92 Å². The molecule has 3 heterocycles. The third-order valence-electron chi connectivity index (χ3n) is 6.58. The number of anilines is 4. The van der Waals surface area contributed by atoms with E-state index in [1.54, 1.807) is 13.2 Å². The second-order valence-electron chi connectivity index (χ2n) is 9.14. The maximum Gasteiger partial charge on any atom is 0.232 e. The molecule has 1 fully saturated rings. The monoisotopic (exact) mass is 505 g/mol. The Morgan fingerprint density at radius 1 is 1.08 bits per heavy atom. The topological polar surface area (TPSA) is 95.4 Å². The Morgan fingerprint density at radius 2 is 1.83 bits per heavy atom. The number of nitrogens with zero attached hydrogens (tertiary/aromatic N) is 5. The van der Waals surface area contributed by atoms with E-state index in [1.165, 1.54) is 16.2 Å². The Kier molecular flexibility index (Phi) is 6.55. The van der Waals surface area contributed by atoms with Crippen molar-refractivity contribution in [3.63, 3.8) is 0 Å². The minimum atomic E-state index is -3.39. The van der Waals surface area contributed by atoms with Crippen LogP contribution in [-0.4, -0.2) is 62.4 Å². The number of piperazine rings is 1. The van der Waals surface area contributed by atoms with Gasteiger partial charge in [0, 0.05) is 62.4 Å². The molecule has 0 atom stereocenters. The zero-order valence-electron chi connectivity index (χ0n) is 20.8. The van der Waals surface area contributed by atoms with Crippen molar-refractivity contribution in [3.05, 3.63) is 72.1 Å². The van der Waals surface area contributed by atoms with Crippen LogP contribution in [0.25, 0.3) is 11.0 Å². The highest BCUT2D eigenvalue weighted by molar-refractivity contribution is 7.92. The molecule has 2 aromatic heterocycles. The normalized spacial score (nSPS) is 14.2. The molecule has 0 unspecified atom stereocenters. The lowest BCUT2D eigenvalue weighted by molar-refractivity contribution is 0.589. The number of rotatable bonds is 7. The smallest absolute Gasteiger partial charge is 0.232 e. The van der Waals surface area contributed by atoms with Gasteiger partial charge in [-0.3, -0.25) is 4.31 Å². The molecule has 1 aliphatic rings. The fourth-order valence-electron chi connectivity index (χ4n) is 4.61. The van der Waals surface area contributed by atoms with Gasteiger partial charge in [0.25, 0.3) is 0 Å². The van der Waals surface area contributed by atoms with E-state index in [0.717, 1.165) is 54.0 Å². The highest BCUT2D eigenvalue weighted by atomic mass is 32.2. The molecule has 1 aliphatic heterocycles. The number of hydrogen-bond donors (Lipinski definition) is 2. The molecular formula is C26H31N7O2S. The Bertz CT molecular complexity index is 1480. The van der Waals surface area contributed by atoms with Crippen LogP contribution in [0.1, 0.15) is 11.1 Å². The van der Waals surface area contributed by atoms with Crippen LogP contribution in [-0.2, 0) is 16.6 Å². The average Bonchev–Trinajstić information content (AvgIpc) is 3.26. The zero-order chi connectivity index (χ0) is 25.3. The van der Waals surface area contributed by atoms with Gasteiger partial charge in [-0.15, -0.1) is 0 Å². The molecule has 10 heteroatoms.